The smallest absolute Gasteiger partial charge is 0.270 e. The van der Waals surface area contributed by atoms with E-state index in [1.54, 1.807) is 13.8 Å². The number of hydrogen-bond acceptors (Lipinski definition) is 4. The highest BCUT2D eigenvalue weighted by Gasteiger charge is 2.24. The fraction of sp³-hybridized carbons (Fsp3) is 0.333. The van der Waals surface area contributed by atoms with Gasteiger partial charge in [0.05, 0.1) is 23.0 Å². The van der Waals surface area contributed by atoms with Gasteiger partial charge < -0.3 is 15.8 Å². The molecule has 0 fully saturated rings. The minimum atomic E-state index is -0.908. The predicted octanol–water partition coefficient (Wildman–Crippen LogP) is 3.96. The molecule has 0 spiro atoms. The number of benzene rings is 1. The molecular formula is C21H22ClF3N4O2. The lowest BCUT2D eigenvalue weighted by Crippen LogP contribution is -2.48. The molecule has 31 heavy (non-hydrogen) atoms. The van der Waals surface area contributed by atoms with Crippen molar-refractivity contribution in [2.75, 3.05) is 13.2 Å². The molecule has 10 heteroatoms. The molecule has 0 aliphatic carbocycles. The van der Waals surface area contributed by atoms with Crippen molar-refractivity contribution in [3.8, 4) is 5.75 Å². The second-order valence-corrected chi connectivity index (χ2v) is 7.96. The summed E-state index contributed by atoms with van der Waals surface area (Å²) in [5.41, 5.74) is 5.64. The lowest BCUT2D eigenvalue weighted by atomic mass is 10.0. The Morgan fingerprint density at radius 2 is 2.03 bits per heavy atom. The number of pyridine rings is 1. The number of ether oxygens (including phenoxy) is 1. The van der Waals surface area contributed by atoms with Gasteiger partial charge >= 0.3 is 0 Å². The fourth-order valence-electron chi connectivity index (χ4n) is 3.07. The van der Waals surface area contributed by atoms with Crippen LogP contribution in [0.1, 0.15) is 35.1 Å². The Hall–Kier alpha value is -2.78. The maximum absolute atomic E-state index is 13.9. The van der Waals surface area contributed by atoms with Crippen LogP contribution in [0.5, 0.6) is 5.75 Å². The van der Waals surface area contributed by atoms with E-state index in [1.165, 1.54) is 22.7 Å². The first-order valence-electron chi connectivity index (χ1n) is 9.50. The number of nitrogens with one attached hydrogen (secondary N) is 1. The van der Waals surface area contributed by atoms with Gasteiger partial charge in [-0.15, -0.1) is 0 Å². The van der Waals surface area contributed by atoms with Crippen molar-refractivity contribution >= 4 is 23.2 Å². The number of nitrogens with zero attached hydrogens (tertiary/aromatic N) is 2. The van der Waals surface area contributed by atoms with Gasteiger partial charge in [-0.1, -0.05) is 17.7 Å². The summed E-state index contributed by atoms with van der Waals surface area (Å²) in [6.45, 7) is 2.32. The summed E-state index contributed by atoms with van der Waals surface area (Å²) in [5, 5.41) is 2.91. The van der Waals surface area contributed by atoms with Gasteiger partial charge in [-0.3, -0.25) is 13.6 Å². The van der Waals surface area contributed by atoms with E-state index in [4.69, 9.17) is 22.1 Å². The third-order valence-corrected chi connectivity index (χ3v) is 5.00. The third-order valence-electron chi connectivity index (χ3n) is 4.79. The molecule has 2 aromatic heterocycles. The van der Waals surface area contributed by atoms with Gasteiger partial charge in [0, 0.05) is 24.3 Å². The second kappa shape index (κ2) is 9.15. The number of carbonyl (C=O) groups excluding carboxylic acids is 1. The Labute approximate surface area is 182 Å². The van der Waals surface area contributed by atoms with Crippen LogP contribution in [0.15, 0.2) is 30.5 Å². The van der Waals surface area contributed by atoms with Crippen molar-refractivity contribution in [3.63, 3.8) is 0 Å². The van der Waals surface area contributed by atoms with Crippen LogP contribution >= 0.6 is 11.6 Å². The first-order chi connectivity index (χ1) is 14.6. The van der Waals surface area contributed by atoms with E-state index in [2.05, 4.69) is 10.3 Å². The fourth-order valence-corrected chi connectivity index (χ4v) is 3.26. The SMILES string of the molecule is Cc1nc2c(OCc3c(F)cccc3F)cc(Cl)cn2c1C(=O)NCC(C)(N)CCF. The van der Waals surface area contributed by atoms with Crippen LogP contribution in [-0.2, 0) is 6.61 Å². The zero-order valence-corrected chi connectivity index (χ0v) is 17.8. The summed E-state index contributed by atoms with van der Waals surface area (Å²) >= 11 is 6.17. The number of imidazole rings is 1. The number of fused-ring (bicyclic) bond motifs is 1. The average molecular weight is 455 g/mol. The Morgan fingerprint density at radius 3 is 2.68 bits per heavy atom. The molecule has 1 amide bonds. The summed E-state index contributed by atoms with van der Waals surface area (Å²) in [4.78, 5) is 17.1. The molecule has 0 saturated heterocycles. The van der Waals surface area contributed by atoms with Crippen LogP contribution in [0.2, 0.25) is 5.02 Å². The van der Waals surface area contributed by atoms with Crippen LogP contribution in [-0.4, -0.2) is 34.1 Å². The Morgan fingerprint density at radius 1 is 1.35 bits per heavy atom. The molecule has 0 aliphatic rings. The zero-order valence-electron chi connectivity index (χ0n) is 17.0. The van der Waals surface area contributed by atoms with Crippen molar-refractivity contribution in [1.82, 2.24) is 14.7 Å². The summed E-state index contributed by atoms with van der Waals surface area (Å²) in [6.07, 6.45) is 1.57. The Balaban J connectivity index is 1.90. The van der Waals surface area contributed by atoms with Crippen molar-refractivity contribution < 1.29 is 22.7 Å². The van der Waals surface area contributed by atoms with Crippen LogP contribution in [0.3, 0.4) is 0 Å². The standard InChI is InChI=1S/C21H22ClF3N4O2/c1-12-18(20(30)27-11-21(2,26)6-7-23)29-9-13(22)8-17(19(29)28-12)31-10-14-15(24)4-3-5-16(14)25/h3-5,8-9H,6-7,10-11,26H2,1-2H3,(H,27,30). The van der Waals surface area contributed by atoms with E-state index in [1.807, 2.05) is 0 Å². The first kappa shape index (κ1) is 22.9. The minimum absolute atomic E-state index is 0.0545. The van der Waals surface area contributed by atoms with E-state index in [9.17, 15) is 18.0 Å². The largest absolute Gasteiger partial charge is 0.485 e. The van der Waals surface area contributed by atoms with Gasteiger partial charge in [0.2, 0.25) is 0 Å². The number of aromatic nitrogens is 2. The molecule has 3 rings (SSSR count). The lowest BCUT2D eigenvalue weighted by Gasteiger charge is -2.23. The maximum atomic E-state index is 13.9. The number of alkyl halides is 1. The van der Waals surface area contributed by atoms with Gasteiger partial charge in [-0.2, -0.15) is 0 Å². The molecule has 0 radical (unpaired) electrons. The summed E-state index contributed by atoms with van der Waals surface area (Å²) in [5.74, 6) is -1.81. The van der Waals surface area contributed by atoms with E-state index >= 15 is 0 Å². The van der Waals surface area contributed by atoms with Crippen LogP contribution in [0, 0.1) is 18.6 Å². The number of halogens is 4. The number of hydrogen-bond donors (Lipinski definition) is 2. The molecule has 3 N–H and O–H groups in total. The van der Waals surface area contributed by atoms with Gasteiger partial charge in [0.25, 0.3) is 5.91 Å². The molecule has 0 bridgehead atoms. The quantitative estimate of drug-likeness (QED) is 0.540. The minimum Gasteiger partial charge on any atom is -0.485 e. The lowest BCUT2D eigenvalue weighted by molar-refractivity contribution is 0.0936. The predicted molar refractivity (Wildman–Crippen MR) is 111 cm³/mol. The molecule has 0 aliphatic heterocycles. The second-order valence-electron chi connectivity index (χ2n) is 7.53. The number of aryl methyl sites for hydroxylation is 1. The molecule has 0 saturated carbocycles. The van der Waals surface area contributed by atoms with Crippen LogP contribution < -0.4 is 15.8 Å². The summed E-state index contributed by atoms with van der Waals surface area (Å²) < 4.78 is 47.5. The highest BCUT2D eigenvalue weighted by Crippen LogP contribution is 2.28. The van der Waals surface area contributed by atoms with Gasteiger partial charge in [0.15, 0.2) is 11.4 Å². The van der Waals surface area contributed by atoms with Gasteiger partial charge in [-0.05, 0) is 32.4 Å². The average Bonchev–Trinajstić information content (AvgIpc) is 3.01. The molecule has 3 aromatic rings. The molecule has 1 atom stereocenters. The highest BCUT2D eigenvalue weighted by atomic mass is 35.5. The van der Waals surface area contributed by atoms with Crippen molar-refractivity contribution in [2.24, 2.45) is 5.73 Å². The monoisotopic (exact) mass is 454 g/mol. The van der Waals surface area contributed by atoms with E-state index < -0.39 is 36.4 Å². The highest BCUT2D eigenvalue weighted by molar-refractivity contribution is 6.30. The molecule has 1 unspecified atom stereocenters. The molecular weight excluding hydrogens is 433 g/mol. The first-order valence-corrected chi connectivity index (χ1v) is 9.87. The Bertz CT molecular complexity index is 1100. The number of rotatable bonds is 8. The summed E-state index contributed by atoms with van der Waals surface area (Å²) in [7, 11) is 0. The van der Waals surface area contributed by atoms with Crippen molar-refractivity contribution in [1.29, 1.82) is 0 Å². The van der Waals surface area contributed by atoms with Crippen LogP contribution in [0.4, 0.5) is 13.2 Å². The summed E-state index contributed by atoms with van der Waals surface area (Å²) in [6, 6.07) is 4.97. The van der Waals surface area contributed by atoms with E-state index in [0.29, 0.717) is 5.69 Å². The van der Waals surface area contributed by atoms with E-state index in [-0.39, 0.29) is 40.6 Å². The zero-order chi connectivity index (χ0) is 22.8. The van der Waals surface area contributed by atoms with Crippen molar-refractivity contribution in [3.05, 3.63) is 64.1 Å². The third kappa shape index (κ3) is 5.11. The maximum Gasteiger partial charge on any atom is 0.270 e. The van der Waals surface area contributed by atoms with Crippen molar-refractivity contribution in [2.45, 2.75) is 32.4 Å². The number of amides is 1. The molecule has 6 nitrogen and oxygen atoms in total. The van der Waals surface area contributed by atoms with E-state index in [0.717, 1.165) is 12.1 Å². The van der Waals surface area contributed by atoms with Gasteiger partial charge in [-0.25, -0.2) is 13.8 Å². The topological polar surface area (TPSA) is 81.7 Å². The molecule has 1 aromatic carbocycles. The molecule has 2 heterocycles. The number of nitrogens with two attached hydrogens (primary N) is 1. The normalized spacial score (nSPS) is 13.3. The van der Waals surface area contributed by atoms with Crippen LogP contribution in [0.25, 0.3) is 5.65 Å². The molecule has 166 valence electrons. The van der Waals surface area contributed by atoms with Gasteiger partial charge in [0.1, 0.15) is 23.9 Å². The number of carbonyl (C=O) groups is 1. The Kier molecular flexibility index (Phi) is 6.76.